The third kappa shape index (κ3) is 5.77. The molecule has 0 bridgehead atoms. The molecule has 0 aliphatic rings. The van der Waals surface area contributed by atoms with Crippen LogP contribution < -0.4 is 5.32 Å². The molecule has 2 aromatic rings. The largest absolute Gasteiger partial charge is 0.354 e. The molecule has 0 radical (unpaired) electrons. The molecule has 7 heteroatoms. The first-order chi connectivity index (χ1) is 12.8. The highest BCUT2D eigenvalue weighted by Gasteiger charge is 2.20. The van der Waals surface area contributed by atoms with Gasteiger partial charge in [-0.2, -0.15) is 0 Å². The van der Waals surface area contributed by atoms with E-state index < -0.39 is 11.0 Å². The van der Waals surface area contributed by atoms with E-state index in [-0.39, 0.29) is 17.5 Å². The number of carbonyl (C=O) groups is 1. The number of nitro groups is 1. The fourth-order valence-electron chi connectivity index (χ4n) is 2.70. The van der Waals surface area contributed by atoms with Gasteiger partial charge in [-0.15, -0.1) is 0 Å². The maximum Gasteiger partial charge on any atom is 0.269 e. The minimum Gasteiger partial charge on any atom is -0.354 e. The number of non-ortho nitro benzene ring substituents is 1. The van der Waals surface area contributed by atoms with Gasteiger partial charge in [0.1, 0.15) is 0 Å². The molecular weight excluding hydrogens is 366 g/mol. The van der Waals surface area contributed by atoms with Crippen molar-refractivity contribution in [3.8, 4) is 0 Å². The number of rotatable bonds is 8. The number of benzene rings is 2. The number of amides is 1. The lowest BCUT2D eigenvalue weighted by molar-refractivity contribution is -0.384. The van der Waals surface area contributed by atoms with Gasteiger partial charge in [-0.3, -0.25) is 19.8 Å². The van der Waals surface area contributed by atoms with Crippen molar-refractivity contribution in [2.45, 2.75) is 32.4 Å². The first kappa shape index (κ1) is 20.9. The predicted octanol–water partition coefficient (Wildman–Crippen LogP) is 3.99. The molecule has 0 spiro atoms. The first-order valence-electron chi connectivity index (χ1n) is 8.75. The Hall–Kier alpha value is -2.44. The fourth-order valence-corrected chi connectivity index (χ4v) is 2.88. The third-order valence-corrected chi connectivity index (χ3v) is 5.02. The van der Waals surface area contributed by atoms with Gasteiger partial charge in [-0.05, 0) is 37.1 Å². The molecule has 1 N–H and O–H groups in total. The minimum absolute atomic E-state index is 0.0170. The number of likely N-dealkylation sites (N-methyl/N-ethyl adjacent to an activating group) is 1. The van der Waals surface area contributed by atoms with Gasteiger partial charge in [0, 0.05) is 30.2 Å². The van der Waals surface area contributed by atoms with Gasteiger partial charge in [0.25, 0.3) is 5.69 Å². The minimum atomic E-state index is -0.457. The summed E-state index contributed by atoms with van der Waals surface area (Å²) in [5, 5.41) is 14.4. The zero-order valence-corrected chi connectivity index (χ0v) is 16.4. The molecule has 2 unspecified atom stereocenters. The van der Waals surface area contributed by atoms with Gasteiger partial charge < -0.3 is 5.32 Å². The quantitative estimate of drug-likeness (QED) is 0.547. The van der Waals surface area contributed by atoms with Gasteiger partial charge in [-0.1, -0.05) is 48.9 Å². The molecule has 144 valence electrons. The van der Waals surface area contributed by atoms with Gasteiger partial charge >= 0.3 is 0 Å². The monoisotopic (exact) mass is 389 g/mol. The molecule has 0 aliphatic heterocycles. The third-order valence-electron chi connectivity index (χ3n) is 4.65. The van der Waals surface area contributed by atoms with Crippen LogP contribution in [-0.4, -0.2) is 35.4 Å². The fraction of sp³-hybridized carbons (Fsp3) is 0.350. The van der Waals surface area contributed by atoms with Gasteiger partial charge in [0.2, 0.25) is 5.91 Å². The molecule has 2 rings (SSSR count). The summed E-state index contributed by atoms with van der Waals surface area (Å²) in [5.41, 5.74) is 1.77. The number of nitro benzene ring substituents is 1. The number of nitrogens with one attached hydrogen (secondary N) is 1. The maximum absolute atomic E-state index is 12.5. The lowest BCUT2D eigenvalue weighted by Gasteiger charge is -2.25. The van der Waals surface area contributed by atoms with Crippen LogP contribution in [0.5, 0.6) is 0 Å². The van der Waals surface area contributed by atoms with Crippen molar-refractivity contribution in [2.24, 2.45) is 0 Å². The summed E-state index contributed by atoms with van der Waals surface area (Å²) in [5.74, 6) is 0.112. The van der Waals surface area contributed by atoms with Crippen LogP contribution in [-0.2, 0) is 11.3 Å². The zero-order valence-electron chi connectivity index (χ0n) is 15.7. The van der Waals surface area contributed by atoms with Crippen molar-refractivity contribution in [1.82, 2.24) is 10.2 Å². The number of carbonyl (C=O) groups excluding carboxylic acids is 1. The van der Waals surface area contributed by atoms with Crippen LogP contribution >= 0.6 is 11.6 Å². The van der Waals surface area contributed by atoms with E-state index in [1.807, 2.05) is 35.2 Å². The van der Waals surface area contributed by atoms with Crippen LogP contribution in [0.4, 0.5) is 5.69 Å². The van der Waals surface area contributed by atoms with Crippen molar-refractivity contribution in [3.63, 3.8) is 0 Å². The second-order valence-corrected chi connectivity index (χ2v) is 7.09. The molecule has 0 aromatic heterocycles. The van der Waals surface area contributed by atoms with E-state index in [2.05, 4.69) is 12.2 Å². The molecule has 0 aliphatic carbocycles. The number of halogens is 1. The van der Waals surface area contributed by atoms with Crippen molar-refractivity contribution in [3.05, 3.63) is 74.8 Å². The summed E-state index contributed by atoms with van der Waals surface area (Å²) >= 11 is 6.15. The Morgan fingerprint density at radius 2 is 1.89 bits per heavy atom. The van der Waals surface area contributed by atoms with Crippen molar-refractivity contribution in [1.29, 1.82) is 0 Å². The highest BCUT2D eigenvalue weighted by Crippen LogP contribution is 2.23. The summed E-state index contributed by atoms with van der Waals surface area (Å²) in [6.07, 6.45) is 0. The van der Waals surface area contributed by atoms with E-state index in [0.717, 1.165) is 0 Å². The van der Waals surface area contributed by atoms with Gasteiger partial charge in [-0.25, -0.2) is 0 Å². The molecule has 0 saturated carbocycles. The van der Waals surface area contributed by atoms with Crippen LogP contribution in [0.1, 0.15) is 30.9 Å². The number of hydrogen-bond acceptors (Lipinski definition) is 4. The maximum atomic E-state index is 12.5. The molecule has 1 amide bonds. The Balaban J connectivity index is 1.94. The molecule has 0 heterocycles. The topological polar surface area (TPSA) is 75.5 Å². The highest BCUT2D eigenvalue weighted by molar-refractivity contribution is 6.31. The second-order valence-electron chi connectivity index (χ2n) is 6.68. The predicted molar refractivity (Wildman–Crippen MR) is 107 cm³/mol. The van der Waals surface area contributed by atoms with E-state index in [1.54, 1.807) is 14.0 Å². The lowest BCUT2D eigenvalue weighted by atomic mass is 10.0. The molecule has 6 nitrogen and oxygen atoms in total. The number of nitrogens with zero attached hydrogens (tertiary/aromatic N) is 2. The van der Waals surface area contributed by atoms with E-state index in [4.69, 9.17) is 11.6 Å². The summed E-state index contributed by atoms with van der Waals surface area (Å²) in [6.45, 7) is 4.74. The summed E-state index contributed by atoms with van der Waals surface area (Å²) in [6, 6.07) is 13.9. The standard InChI is InChI=1S/C20H24ClN3O3/c1-14(16-7-5-4-6-8-16)12-22-20(25)15(2)23(3)13-17-11-18(24(26)27)9-10-19(17)21/h4-11,14-15H,12-13H2,1-3H3,(H,22,25). The summed E-state index contributed by atoms with van der Waals surface area (Å²) < 4.78 is 0. The van der Waals surface area contributed by atoms with Gasteiger partial charge in [0.05, 0.1) is 11.0 Å². The highest BCUT2D eigenvalue weighted by atomic mass is 35.5. The average Bonchev–Trinajstić information content (AvgIpc) is 2.67. The Bertz CT molecular complexity index is 798. The second kappa shape index (κ2) is 9.48. The molecule has 2 atom stereocenters. The van der Waals surface area contributed by atoms with Crippen molar-refractivity contribution < 1.29 is 9.72 Å². The summed E-state index contributed by atoms with van der Waals surface area (Å²) in [4.78, 5) is 24.8. The van der Waals surface area contributed by atoms with Crippen molar-refractivity contribution in [2.75, 3.05) is 13.6 Å². The van der Waals surface area contributed by atoms with Crippen LogP contribution in [0.15, 0.2) is 48.5 Å². The van der Waals surface area contributed by atoms with E-state index >= 15 is 0 Å². The number of hydrogen-bond donors (Lipinski definition) is 1. The Labute approximate surface area is 164 Å². The van der Waals surface area contributed by atoms with E-state index in [9.17, 15) is 14.9 Å². The average molecular weight is 390 g/mol. The molecule has 0 saturated heterocycles. The Morgan fingerprint density at radius 3 is 2.52 bits per heavy atom. The summed E-state index contributed by atoms with van der Waals surface area (Å²) in [7, 11) is 1.79. The van der Waals surface area contributed by atoms with Crippen LogP contribution in [0.25, 0.3) is 0 Å². The van der Waals surface area contributed by atoms with Crippen LogP contribution in [0, 0.1) is 10.1 Å². The molecular formula is C20H24ClN3O3. The van der Waals surface area contributed by atoms with Crippen LogP contribution in [0.2, 0.25) is 5.02 Å². The first-order valence-corrected chi connectivity index (χ1v) is 9.13. The van der Waals surface area contributed by atoms with Crippen LogP contribution in [0.3, 0.4) is 0 Å². The van der Waals surface area contributed by atoms with Crippen molar-refractivity contribution >= 4 is 23.2 Å². The van der Waals surface area contributed by atoms with Gasteiger partial charge in [0.15, 0.2) is 0 Å². The smallest absolute Gasteiger partial charge is 0.269 e. The molecule has 0 fully saturated rings. The Morgan fingerprint density at radius 1 is 1.22 bits per heavy atom. The Kier molecular flexibility index (Phi) is 7.33. The van der Waals surface area contributed by atoms with E-state index in [0.29, 0.717) is 23.7 Å². The van der Waals surface area contributed by atoms with E-state index in [1.165, 1.54) is 23.8 Å². The normalized spacial score (nSPS) is 13.2. The zero-order chi connectivity index (χ0) is 20.0. The molecule has 27 heavy (non-hydrogen) atoms. The SMILES string of the molecule is CC(CNC(=O)C(C)N(C)Cc1cc([N+](=O)[O-])ccc1Cl)c1ccccc1. The lowest BCUT2D eigenvalue weighted by Crippen LogP contribution is -2.43. The molecule has 2 aromatic carbocycles.